The molecule has 3 heteroatoms. The third kappa shape index (κ3) is 1.61. The predicted octanol–water partition coefficient (Wildman–Crippen LogP) is 2.52. The zero-order valence-electron chi connectivity index (χ0n) is 10.3. The molecule has 0 spiro atoms. The summed E-state index contributed by atoms with van der Waals surface area (Å²) in [4.78, 5) is 0. The van der Waals surface area contributed by atoms with E-state index in [2.05, 4.69) is 13.8 Å². The van der Waals surface area contributed by atoms with Gasteiger partial charge in [0, 0.05) is 11.0 Å². The first-order valence-electron chi connectivity index (χ1n) is 6.14. The van der Waals surface area contributed by atoms with Gasteiger partial charge in [-0.2, -0.15) is 0 Å². The first kappa shape index (κ1) is 11.2. The fourth-order valence-corrected chi connectivity index (χ4v) is 2.36. The minimum atomic E-state index is -0.960. The van der Waals surface area contributed by atoms with Crippen LogP contribution >= 0.6 is 0 Å². The normalized spacial score (nSPS) is 36.4. The van der Waals surface area contributed by atoms with Gasteiger partial charge in [0.25, 0.3) is 0 Å². The molecule has 3 fully saturated rings. The zero-order valence-corrected chi connectivity index (χ0v) is 10.3. The lowest BCUT2D eigenvalue weighted by Gasteiger charge is -2.53. The predicted molar refractivity (Wildman–Crippen MR) is 63.2 cm³/mol. The Morgan fingerprint density at radius 2 is 1.47 bits per heavy atom. The lowest BCUT2D eigenvalue weighted by atomic mass is 9.77. The maximum atomic E-state index is 5.87. The van der Waals surface area contributed by atoms with E-state index in [0.29, 0.717) is 25.7 Å². The Hall–Kier alpha value is -0.900. The number of rotatable bonds is 2. The van der Waals surface area contributed by atoms with Gasteiger partial charge in [-0.05, 0) is 5.92 Å². The van der Waals surface area contributed by atoms with Crippen LogP contribution in [0.2, 0.25) is 0 Å². The van der Waals surface area contributed by atoms with Gasteiger partial charge in [0.2, 0.25) is 0 Å². The van der Waals surface area contributed by atoms with Crippen molar-refractivity contribution in [3.63, 3.8) is 0 Å². The molecule has 0 atom stereocenters. The fraction of sp³-hybridized carbons (Fsp3) is 0.571. The number of benzene rings is 1. The molecule has 2 bridgehead atoms. The molecule has 3 nitrogen and oxygen atoms in total. The lowest BCUT2D eigenvalue weighted by molar-refractivity contribution is -0.484. The average molecular weight is 234 g/mol. The van der Waals surface area contributed by atoms with Crippen molar-refractivity contribution < 1.29 is 14.2 Å². The Morgan fingerprint density at radius 1 is 0.941 bits per heavy atom. The highest BCUT2D eigenvalue weighted by molar-refractivity contribution is 5.19. The molecule has 17 heavy (non-hydrogen) atoms. The van der Waals surface area contributed by atoms with Crippen molar-refractivity contribution in [1.82, 2.24) is 0 Å². The minimum Gasteiger partial charge on any atom is -0.323 e. The van der Waals surface area contributed by atoms with Gasteiger partial charge in [-0.3, -0.25) is 0 Å². The van der Waals surface area contributed by atoms with Gasteiger partial charge < -0.3 is 14.2 Å². The molecule has 3 aliphatic heterocycles. The SMILES string of the molecule is CC(C)C12COC(c3ccccc3)(OC1)OC2. The summed E-state index contributed by atoms with van der Waals surface area (Å²) in [6.45, 7) is 6.51. The van der Waals surface area contributed by atoms with Gasteiger partial charge >= 0.3 is 5.97 Å². The van der Waals surface area contributed by atoms with E-state index in [-0.39, 0.29) is 5.41 Å². The highest BCUT2D eigenvalue weighted by Gasteiger charge is 2.54. The summed E-state index contributed by atoms with van der Waals surface area (Å²) in [5, 5.41) is 0. The second-order valence-corrected chi connectivity index (χ2v) is 5.31. The highest BCUT2D eigenvalue weighted by atomic mass is 16.9. The maximum Gasteiger partial charge on any atom is 0.312 e. The fourth-order valence-electron chi connectivity index (χ4n) is 2.36. The Labute approximate surface area is 102 Å². The van der Waals surface area contributed by atoms with Crippen LogP contribution in [0.5, 0.6) is 0 Å². The Morgan fingerprint density at radius 3 is 1.94 bits per heavy atom. The second-order valence-electron chi connectivity index (χ2n) is 5.31. The second kappa shape index (κ2) is 3.80. The summed E-state index contributed by atoms with van der Waals surface area (Å²) < 4.78 is 17.6. The van der Waals surface area contributed by atoms with Crippen LogP contribution in [-0.4, -0.2) is 19.8 Å². The van der Waals surface area contributed by atoms with Crippen molar-refractivity contribution in [3.8, 4) is 0 Å². The summed E-state index contributed by atoms with van der Waals surface area (Å²) in [5.74, 6) is -0.464. The van der Waals surface area contributed by atoms with Crippen molar-refractivity contribution >= 4 is 0 Å². The molecule has 0 saturated carbocycles. The third-order valence-corrected chi connectivity index (χ3v) is 4.00. The van der Waals surface area contributed by atoms with Crippen molar-refractivity contribution in [3.05, 3.63) is 35.9 Å². The molecule has 3 saturated heterocycles. The summed E-state index contributed by atoms with van der Waals surface area (Å²) in [7, 11) is 0. The van der Waals surface area contributed by atoms with Gasteiger partial charge in [-0.1, -0.05) is 44.2 Å². The van der Waals surface area contributed by atoms with E-state index in [9.17, 15) is 0 Å². The number of hydrogen-bond acceptors (Lipinski definition) is 3. The molecule has 0 radical (unpaired) electrons. The average Bonchev–Trinajstić information content (AvgIpc) is 2.42. The molecular weight excluding hydrogens is 216 g/mol. The van der Waals surface area contributed by atoms with Crippen LogP contribution in [0, 0.1) is 11.3 Å². The Kier molecular flexibility index (Phi) is 2.51. The van der Waals surface area contributed by atoms with E-state index in [1.165, 1.54) is 0 Å². The molecule has 1 aromatic rings. The molecule has 4 rings (SSSR count). The van der Waals surface area contributed by atoms with Gasteiger partial charge in [-0.25, -0.2) is 0 Å². The lowest BCUT2D eigenvalue weighted by Crippen LogP contribution is -2.60. The Bertz CT molecular complexity index is 375. The summed E-state index contributed by atoms with van der Waals surface area (Å²) in [6, 6.07) is 9.88. The molecule has 1 aromatic carbocycles. The van der Waals surface area contributed by atoms with Crippen LogP contribution in [0.15, 0.2) is 30.3 Å². The molecule has 0 unspecified atom stereocenters. The van der Waals surface area contributed by atoms with E-state index in [1.807, 2.05) is 30.3 Å². The van der Waals surface area contributed by atoms with Crippen LogP contribution in [0.1, 0.15) is 19.4 Å². The zero-order chi connectivity index (χ0) is 11.9. The summed E-state index contributed by atoms with van der Waals surface area (Å²) in [6.07, 6.45) is 0. The Balaban J connectivity index is 1.87. The van der Waals surface area contributed by atoms with Crippen molar-refractivity contribution in [2.45, 2.75) is 19.8 Å². The van der Waals surface area contributed by atoms with Crippen LogP contribution in [0.4, 0.5) is 0 Å². The van der Waals surface area contributed by atoms with Crippen LogP contribution in [-0.2, 0) is 20.2 Å². The molecule has 0 N–H and O–H groups in total. The van der Waals surface area contributed by atoms with Crippen molar-refractivity contribution in [1.29, 1.82) is 0 Å². The number of ether oxygens (including phenoxy) is 3. The van der Waals surface area contributed by atoms with Crippen LogP contribution in [0.25, 0.3) is 0 Å². The molecule has 3 heterocycles. The maximum absolute atomic E-state index is 5.87. The van der Waals surface area contributed by atoms with E-state index < -0.39 is 5.97 Å². The van der Waals surface area contributed by atoms with Crippen molar-refractivity contribution in [2.24, 2.45) is 11.3 Å². The number of hydrogen-bond donors (Lipinski definition) is 0. The van der Waals surface area contributed by atoms with Gasteiger partial charge in [-0.15, -0.1) is 0 Å². The highest BCUT2D eigenvalue weighted by Crippen LogP contribution is 2.47. The van der Waals surface area contributed by atoms with Gasteiger partial charge in [0.05, 0.1) is 19.8 Å². The first-order valence-corrected chi connectivity index (χ1v) is 6.14. The molecule has 0 amide bonds. The van der Waals surface area contributed by atoms with E-state index >= 15 is 0 Å². The van der Waals surface area contributed by atoms with Crippen LogP contribution < -0.4 is 0 Å². The van der Waals surface area contributed by atoms with E-state index in [0.717, 1.165) is 5.56 Å². The monoisotopic (exact) mass is 234 g/mol. The standard InChI is InChI=1S/C14H18O3/c1-11(2)13-8-15-14(16-9-13,17-10-13)12-6-4-3-5-7-12/h3-7,11H,8-10H2,1-2H3. The molecule has 3 aliphatic rings. The molecule has 92 valence electrons. The van der Waals surface area contributed by atoms with Gasteiger partial charge in [0.15, 0.2) is 0 Å². The van der Waals surface area contributed by atoms with E-state index in [1.54, 1.807) is 0 Å². The van der Waals surface area contributed by atoms with Crippen LogP contribution in [0.3, 0.4) is 0 Å². The van der Waals surface area contributed by atoms with Gasteiger partial charge in [0.1, 0.15) is 0 Å². The van der Waals surface area contributed by atoms with E-state index in [4.69, 9.17) is 14.2 Å². The topological polar surface area (TPSA) is 27.7 Å². The molecule has 0 aromatic heterocycles. The smallest absolute Gasteiger partial charge is 0.312 e. The van der Waals surface area contributed by atoms with Crippen molar-refractivity contribution in [2.75, 3.05) is 19.8 Å². The largest absolute Gasteiger partial charge is 0.323 e. The first-order chi connectivity index (χ1) is 8.17. The quantitative estimate of drug-likeness (QED) is 0.787. The summed E-state index contributed by atoms with van der Waals surface area (Å²) >= 11 is 0. The number of fused-ring (bicyclic) bond motifs is 3. The molecular formula is C14H18O3. The third-order valence-electron chi connectivity index (χ3n) is 4.00. The summed E-state index contributed by atoms with van der Waals surface area (Å²) in [5.41, 5.74) is 0.966. The molecule has 0 aliphatic carbocycles. The minimum absolute atomic E-state index is 0.0243.